The Morgan fingerprint density at radius 1 is 0.968 bits per heavy atom. The van der Waals surface area contributed by atoms with Gasteiger partial charge in [-0.2, -0.15) is 4.31 Å². The molecule has 1 fully saturated rings. The Bertz CT molecular complexity index is 1030. The van der Waals surface area contributed by atoms with Gasteiger partial charge in [-0.15, -0.1) is 0 Å². The molecule has 0 spiro atoms. The Morgan fingerprint density at radius 2 is 1.65 bits per heavy atom. The van der Waals surface area contributed by atoms with E-state index in [0.29, 0.717) is 18.8 Å². The summed E-state index contributed by atoms with van der Waals surface area (Å²) in [5.74, 6) is -0.0151. The number of benzene rings is 2. The van der Waals surface area contributed by atoms with E-state index in [1.54, 1.807) is 4.90 Å². The molecule has 1 aliphatic heterocycles. The zero-order valence-electron chi connectivity index (χ0n) is 17.6. The lowest BCUT2D eigenvalue weighted by Gasteiger charge is -2.33. The van der Waals surface area contributed by atoms with Crippen LogP contribution in [0.3, 0.4) is 0 Å². The Kier molecular flexibility index (Phi) is 7.29. The zero-order chi connectivity index (χ0) is 22.4. The second-order valence-corrected chi connectivity index (χ2v) is 9.17. The number of hydrogen-bond acceptors (Lipinski definition) is 6. The molecule has 0 N–H and O–H groups in total. The Balaban J connectivity index is 1.56. The highest BCUT2D eigenvalue weighted by Crippen LogP contribution is 2.19. The molecule has 0 radical (unpaired) electrons. The Morgan fingerprint density at radius 3 is 2.29 bits per heavy atom. The minimum atomic E-state index is -3.77. The van der Waals surface area contributed by atoms with Gasteiger partial charge in [0.05, 0.1) is 10.5 Å². The number of sulfonamides is 1. The van der Waals surface area contributed by atoms with Crippen LogP contribution in [-0.4, -0.2) is 68.9 Å². The Labute approximate surface area is 182 Å². The van der Waals surface area contributed by atoms with Crippen molar-refractivity contribution in [2.75, 3.05) is 39.4 Å². The van der Waals surface area contributed by atoms with Gasteiger partial charge in [0.2, 0.25) is 15.9 Å². The van der Waals surface area contributed by atoms with Gasteiger partial charge < -0.3 is 14.4 Å². The lowest BCUT2D eigenvalue weighted by atomic mass is 10.2. The Hall–Kier alpha value is -2.91. The highest BCUT2D eigenvalue weighted by Gasteiger charge is 2.29. The number of ether oxygens (including phenoxy) is 2. The molecule has 1 saturated heterocycles. The van der Waals surface area contributed by atoms with Crippen LogP contribution in [-0.2, 0) is 19.6 Å². The van der Waals surface area contributed by atoms with Crippen molar-refractivity contribution in [3.8, 4) is 5.75 Å². The largest absolute Gasteiger partial charge is 0.490 e. The van der Waals surface area contributed by atoms with Gasteiger partial charge >= 0.3 is 5.97 Å². The summed E-state index contributed by atoms with van der Waals surface area (Å²) in [6.45, 7) is 4.79. The van der Waals surface area contributed by atoms with E-state index in [2.05, 4.69) is 0 Å². The van der Waals surface area contributed by atoms with Gasteiger partial charge in [-0.05, 0) is 37.3 Å². The van der Waals surface area contributed by atoms with E-state index in [1.165, 1.54) is 35.5 Å². The SMILES string of the molecule is CC(=O)N1CCN(S(=O)(=O)c2cccc(C(=O)OCCOc3ccc(C)cc3)c2)CC1. The van der Waals surface area contributed by atoms with Crippen molar-refractivity contribution in [2.24, 2.45) is 0 Å². The van der Waals surface area contributed by atoms with Gasteiger partial charge in [0.25, 0.3) is 0 Å². The molecular formula is C22H26N2O6S. The maximum Gasteiger partial charge on any atom is 0.338 e. The van der Waals surface area contributed by atoms with Crippen LogP contribution in [0.4, 0.5) is 0 Å². The first-order valence-electron chi connectivity index (χ1n) is 10.00. The normalized spacial score (nSPS) is 14.8. The molecular weight excluding hydrogens is 420 g/mol. The zero-order valence-corrected chi connectivity index (χ0v) is 18.4. The van der Waals surface area contributed by atoms with Crippen LogP contribution in [0.1, 0.15) is 22.8 Å². The van der Waals surface area contributed by atoms with Crippen molar-refractivity contribution in [3.63, 3.8) is 0 Å². The minimum Gasteiger partial charge on any atom is -0.490 e. The summed E-state index contributed by atoms with van der Waals surface area (Å²) < 4.78 is 37.9. The van der Waals surface area contributed by atoms with Crippen LogP contribution in [0, 0.1) is 6.92 Å². The van der Waals surface area contributed by atoms with Crippen LogP contribution >= 0.6 is 0 Å². The van der Waals surface area contributed by atoms with Crippen molar-refractivity contribution in [3.05, 3.63) is 59.7 Å². The topological polar surface area (TPSA) is 93.2 Å². The van der Waals surface area contributed by atoms with Crippen molar-refractivity contribution < 1.29 is 27.5 Å². The number of aryl methyl sites for hydroxylation is 1. The third-order valence-electron chi connectivity index (χ3n) is 5.00. The van der Waals surface area contributed by atoms with Crippen LogP contribution in [0.5, 0.6) is 5.75 Å². The van der Waals surface area contributed by atoms with Gasteiger partial charge in [0.15, 0.2) is 0 Å². The fourth-order valence-electron chi connectivity index (χ4n) is 3.19. The summed E-state index contributed by atoms with van der Waals surface area (Å²) in [5.41, 5.74) is 1.27. The number of carbonyl (C=O) groups is 2. The number of carbonyl (C=O) groups excluding carboxylic acids is 2. The number of amides is 1. The van der Waals surface area contributed by atoms with Crippen LogP contribution in [0.15, 0.2) is 53.4 Å². The molecule has 1 heterocycles. The molecule has 0 unspecified atom stereocenters. The van der Waals surface area contributed by atoms with Gasteiger partial charge in [0.1, 0.15) is 19.0 Å². The van der Waals surface area contributed by atoms with E-state index in [4.69, 9.17) is 9.47 Å². The fourth-order valence-corrected chi connectivity index (χ4v) is 4.66. The van der Waals surface area contributed by atoms with Gasteiger partial charge in [-0.3, -0.25) is 4.79 Å². The number of esters is 1. The predicted octanol–water partition coefficient (Wildman–Crippen LogP) is 2.08. The summed E-state index contributed by atoms with van der Waals surface area (Å²) in [6.07, 6.45) is 0. The second kappa shape index (κ2) is 9.93. The highest BCUT2D eigenvalue weighted by atomic mass is 32.2. The first-order valence-corrected chi connectivity index (χ1v) is 11.4. The monoisotopic (exact) mass is 446 g/mol. The second-order valence-electron chi connectivity index (χ2n) is 7.24. The average Bonchev–Trinajstić information content (AvgIpc) is 2.78. The van der Waals surface area contributed by atoms with Crippen molar-refractivity contribution >= 4 is 21.9 Å². The third-order valence-corrected chi connectivity index (χ3v) is 6.89. The van der Waals surface area contributed by atoms with E-state index < -0.39 is 16.0 Å². The molecule has 8 nitrogen and oxygen atoms in total. The molecule has 0 aromatic heterocycles. The maximum absolute atomic E-state index is 12.9. The summed E-state index contributed by atoms with van der Waals surface area (Å²) in [6, 6.07) is 13.3. The molecule has 1 amide bonds. The molecule has 0 aliphatic carbocycles. The molecule has 31 heavy (non-hydrogen) atoms. The summed E-state index contributed by atoms with van der Waals surface area (Å²) in [5, 5.41) is 0. The number of piperazine rings is 1. The van der Waals surface area contributed by atoms with E-state index in [0.717, 1.165) is 5.56 Å². The fraction of sp³-hybridized carbons (Fsp3) is 0.364. The van der Waals surface area contributed by atoms with Crippen LogP contribution in [0.25, 0.3) is 0 Å². The number of nitrogens with zero attached hydrogens (tertiary/aromatic N) is 2. The molecule has 3 rings (SSSR count). The van der Waals surface area contributed by atoms with Crippen LogP contribution in [0.2, 0.25) is 0 Å². The first kappa shape index (κ1) is 22.8. The van der Waals surface area contributed by atoms with Crippen LogP contribution < -0.4 is 4.74 Å². The van der Waals surface area contributed by atoms with Gasteiger partial charge in [-0.25, -0.2) is 13.2 Å². The van der Waals surface area contributed by atoms with Gasteiger partial charge in [0, 0.05) is 33.1 Å². The lowest BCUT2D eigenvalue weighted by Crippen LogP contribution is -2.49. The van der Waals surface area contributed by atoms with E-state index >= 15 is 0 Å². The number of hydrogen-bond donors (Lipinski definition) is 0. The third kappa shape index (κ3) is 5.83. The van der Waals surface area contributed by atoms with Crippen molar-refractivity contribution in [1.82, 2.24) is 9.21 Å². The molecule has 166 valence electrons. The number of rotatable bonds is 7. The van der Waals surface area contributed by atoms with E-state index in [9.17, 15) is 18.0 Å². The van der Waals surface area contributed by atoms with E-state index in [-0.39, 0.29) is 42.7 Å². The molecule has 0 atom stereocenters. The standard InChI is InChI=1S/C22H26N2O6S/c1-17-6-8-20(9-7-17)29-14-15-30-22(26)19-4-3-5-21(16-19)31(27,28)24-12-10-23(11-13-24)18(2)25/h3-9,16H,10-15H2,1-2H3. The lowest BCUT2D eigenvalue weighted by molar-refractivity contribution is -0.129. The molecule has 1 aliphatic rings. The highest BCUT2D eigenvalue weighted by molar-refractivity contribution is 7.89. The first-order chi connectivity index (χ1) is 14.8. The van der Waals surface area contributed by atoms with Gasteiger partial charge in [-0.1, -0.05) is 23.8 Å². The average molecular weight is 447 g/mol. The summed E-state index contributed by atoms with van der Waals surface area (Å²) in [4.78, 5) is 25.4. The molecule has 9 heteroatoms. The summed E-state index contributed by atoms with van der Waals surface area (Å²) >= 11 is 0. The van der Waals surface area contributed by atoms with E-state index in [1.807, 2.05) is 31.2 Å². The maximum atomic E-state index is 12.9. The quantitative estimate of drug-likeness (QED) is 0.478. The molecule has 0 bridgehead atoms. The molecule has 0 saturated carbocycles. The summed E-state index contributed by atoms with van der Waals surface area (Å²) in [7, 11) is -3.77. The minimum absolute atomic E-state index is 0.0223. The smallest absolute Gasteiger partial charge is 0.338 e. The molecule has 2 aromatic carbocycles. The molecule has 2 aromatic rings. The predicted molar refractivity (Wildman–Crippen MR) is 114 cm³/mol. The van der Waals surface area contributed by atoms with Crippen molar-refractivity contribution in [2.45, 2.75) is 18.7 Å². The van der Waals surface area contributed by atoms with Crippen molar-refractivity contribution in [1.29, 1.82) is 0 Å².